The maximum Gasteiger partial charge on any atom is 0.313 e. The summed E-state index contributed by atoms with van der Waals surface area (Å²) in [6.45, 7) is 0.399. The van der Waals surface area contributed by atoms with Crippen LogP contribution in [-0.4, -0.2) is 19.6 Å². The Kier molecular flexibility index (Phi) is 3.84. The number of carbonyl (C=O) groups excluding carboxylic acids is 1. The Hall–Kier alpha value is -0.870. The Labute approximate surface area is 106 Å². The molecule has 1 unspecified atom stereocenters. The monoisotopic (exact) mass is 253 g/mol. The first-order valence-electron chi connectivity index (χ1n) is 6.04. The van der Waals surface area contributed by atoms with Crippen molar-refractivity contribution in [3.05, 3.63) is 22.4 Å². The van der Waals surface area contributed by atoms with E-state index in [2.05, 4.69) is 11.4 Å². The van der Waals surface area contributed by atoms with E-state index in [0.717, 1.165) is 25.7 Å². The molecule has 1 aliphatic rings. The molecular weight excluding hydrogens is 234 g/mol. The van der Waals surface area contributed by atoms with Gasteiger partial charge in [-0.2, -0.15) is 0 Å². The van der Waals surface area contributed by atoms with Gasteiger partial charge < -0.3 is 10.5 Å². The van der Waals surface area contributed by atoms with Crippen LogP contribution in [0.1, 0.15) is 24.1 Å². The van der Waals surface area contributed by atoms with Gasteiger partial charge >= 0.3 is 5.97 Å². The lowest BCUT2D eigenvalue weighted by Crippen LogP contribution is -2.42. The van der Waals surface area contributed by atoms with Crippen LogP contribution in [-0.2, 0) is 16.0 Å². The summed E-state index contributed by atoms with van der Waals surface area (Å²) >= 11 is 1.73. The molecule has 1 fully saturated rings. The lowest BCUT2D eigenvalue weighted by atomic mass is 9.78. The van der Waals surface area contributed by atoms with E-state index >= 15 is 0 Å². The Morgan fingerprint density at radius 1 is 1.65 bits per heavy atom. The van der Waals surface area contributed by atoms with Gasteiger partial charge in [-0.15, -0.1) is 11.3 Å². The molecule has 0 saturated heterocycles. The summed E-state index contributed by atoms with van der Waals surface area (Å²) in [4.78, 5) is 13.3. The number of rotatable bonds is 6. The number of methoxy groups -OCH3 is 1. The van der Waals surface area contributed by atoms with Crippen LogP contribution < -0.4 is 5.73 Å². The highest BCUT2D eigenvalue weighted by Crippen LogP contribution is 2.48. The highest BCUT2D eigenvalue weighted by Gasteiger charge is 2.50. The summed E-state index contributed by atoms with van der Waals surface area (Å²) in [6.07, 6.45) is 3.94. The SMILES string of the molecule is COC(=O)C(CN)(CCc1cccs1)C1CC1. The van der Waals surface area contributed by atoms with Crippen LogP contribution in [0.15, 0.2) is 17.5 Å². The second-order valence-corrected chi connectivity index (χ2v) is 5.74. The van der Waals surface area contributed by atoms with Crippen LogP contribution in [0.4, 0.5) is 0 Å². The van der Waals surface area contributed by atoms with Gasteiger partial charge in [0.15, 0.2) is 0 Å². The van der Waals surface area contributed by atoms with Crippen molar-refractivity contribution in [1.29, 1.82) is 0 Å². The fourth-order valence-electron chi connectivity index (χ4n) is 2.47. The standard InChI is InChI=1S/C13H19NO2S/c1-16-12(15)13(9-14,10-4-5-10)7-6-11-3-2-8-17-11/h2-3,8,10H,4-7,9,14H2,1H3. The van der Waals surface area contributed by atoms with E-state index in [1.54, 1.807) is 11.3 Å². The topological polar surface area (TPSA) is 52.3 Å². The van der Waals surface area contributed by atoms with Gasteiger partial charge in [-0.05, 0) is 43.0 Å². The molecule has 94 valence electrons. The molecule has 1 aliphatic carbocycles. The number of hydrogen-bond acceptors (Lipinski definition) is 4. The second kappa shape index (κ2) is 5.19. The average molecular weight is 253 g/mol. The van der Waals surface area contributed by atoms with Crippen molar-refractivity contribution in [3.8, 4) is 0 Å². The molecule has 2 N–H and O–H groups in total. The molecule has 17 heavy (non-hydrogen) atoms. The normalized spacial score (nSPS) is 18.7. The molecule has 1 saturated carbocycles. The lowest BCUT2D eigenvalue weighted by Gasteiger charge is -2.29. The maximum atomic E-state index is 12.0. The van der Waals surface area contributed by atoms with Crippen LogP contribution in [0, 0.1) is 11.3 Å². The molecule has 1 heterocycles. The number of nitrogens with two attached hydrogens (primary N) is 1. The minimum Gasteiger partial charge on any atom is -0.469 e. The summed E-state index contributed by atoms with van der Waals surface area (Å²) in [5.41, 5.74) is 5.42. The Morgan fingerprint density at radius 2 is 2.41 bits per heavy atom. The van der Waals surface area contributed by atoms with E-state index in [4.69, 9.17) is 10.5 Å². The summed E-state index contributed by atoms with van der Waals surface area (Å²) in [6, 6.07) is 4.15. The summed E-state index contributed by atoms with van der Waals surface area (Å²) in [5, 5.41) is 2.06. The fraction of sp³-hybridized carbons (Fsp3) is 0.615. The van der Waals surface area contributed by atoms with E-state index < -0.39 is 5.41 Å². The van der Waals surface area contributed by atoms with Crippen molar-refractivity contribution >= 4 is 17.3 Å². The molecule has 1 aromatic heterocycles. The molecule has 3 nitrogen and oxygen atoms in total. The van der Waals surface area contributed by atoms with Crippen molar-refractivity contribution in [3.63, 3.8) is 0 Å². The Morgan fingerprint density at radius 3 is 2.88 bits per heavy atom. The summed E-state index contributed by atoms with van der Waals surface area (Å²) in [5.74, 6) is 0.305. The zero-order valence-corrected chi connectivity index (χ0v) is 11.0. The van der Waals surface area contributed by atoms with Crippen molar-refractivity contribution in [2.75, 3.05) is 13.7 Å². The van der Waals surface area contributed by atoms with E-state index in [0.29, 0.717) is 12.5 Å². The number of carbonyl (C=O) groups is 1. The third-order valence-corrected chi connectivity index (χ3v) is 4.65. The number of esters is 1. The van der Waals surface area contributed by atoms with E-state index in [9.17, 15) is 4.79 Å². The van der Waals surface area contributed by atoms with Gasteiger partial charge in [0.25, 0.3) is 0 Å². The summed E-state index contributed by atoms with van der Waals surface area (Å²) < 4.78 is 4.96. The van der Waals surface area contributed by atoms with Crippen molar-refractivity contribution in [1.82, 2.24) is 0 Å². The highest BCUT2D eigenvalue weighted by molar-refractivity contribution is 7.09. The number of aryl methyl sites for hydroxylation is 1. The molecule has 0 radical (unpaired) electrons. The molecular formula is C13H19NO2S. The fourth-order valence-corrected chi connectivity index (χ4v) is 3.17. The molecule has 4 heteroatoms. The van der Waals surface area contributed by atoms with Gasteiger partial charge in [0.2, 0.25) is 0 Å². The molecule has 0 bridgehead atoms. The molecule has 0 aliphatic heterocycles. The smallest absolute Gasteiger partial charge is 0.313 e. The maximum absolute atomic E-state index is 12.0. The number of thiophene rings is 1. The van der Waals surface area contributed by atoms with Gasteiger partial charge in [-0.3, -0.25) is 4.79 Å². The molecule has 0 spiro atoms. The van der Waals surface area contributed by atoms with Crippen LogP contribution in [0.2, 0.25) is 0 Å². The first-order chi connectivity index (χ1) is 8.23. The highest BCUT2D eigenvalue weighted by atomic mass is 32.1. The van der Waals surface area contributed by atoms with Crippen LogP contribution in [0.25, 0.3) is 0 Å². The molecule has 2 rings (SSSR count). The van der Waals surface area contributed by atoms with Gasteiger partial charge in [-0.1, -0.05) is 6.07 Å². The largest absolute Gasteiger partial charge is 0.469 e. The minimum atomic E-state index is -0.446. The Bertz CT molecular complexity index is 373. The van der Waals surface area contributed by atoms with E-state index in [-0.39, 0.29) is 5.97 Å². The molecule has 0 amide bonds. The molecule has 1 atom stereocenters. The van der Waals surface area contributed by atoms with Crippen LogP contribution in [0.3, 0.4) is 0 Å². The van der Waals surface area contributed by atoms with Gasteiger partial charge in [-0.25, -0.2) is 0 Å². The molecule has 1 aromatic rings. The number of hydrogen-bond donors (Lipinski definition) is 1. The average Bonchev–Trinajstić information content (AvgIpc) is 3.07. The van der Waals surface area contributed by atoms with Crippen LogP contribution in [0.5, 0.6) is 0 Å². The zero-order chi connectivity index (χ0) is 12.3. The van der Waals surface area contributed by atoms with E-state index in [1.165, 1.54) is 12.0 Å². The first-order valence-corrected chi connectivity index (χ1v) is 6.92. The first kappa shape index (κ1) is 12.6. The third-order valence-electron chi connectivity index (χ3n) is 3.71. The van der Waals surface area contributed by atoms with Gasteiger partial charge in [0.1, 0.15) is 0 Å². The van der Waals surface area contributed by atoms with Crippen molar-refractivity contribution in [2.24, 2.45) is 17.1 Å². The minimum absolute atomic E-state index is 0.126. The Balaban J connectivity index is 2.07. The van der Waals surface area contributed by atoms with Crippen molar-refractivity contribution in [2.45, 2.75) is 25.7 Å². The van der Waals surface area contributed by atoms with Gasteiger partial charge in [0, 0.05) is 11.4 Å². The predicted molar refractivity (Wildman–Crippen MR) is 68.9 cm³/mol. The lowest BCUT2D eigenvalue weighted by molar-refractivity contribution is -0.154. The summed E-state index contributed by atoms with van der Waals surface area (Å²) in [7, 11) is 1.46. The van der Waals surface area contributed by atoms with Crippen molar-refractivity contribution < 1.29 is 9.53 Å². The molecule has 0 aromatic carbocycles. The number of ether oxygens (including phenoxy) is 1. The zero-order valence-electron chi connectivity index (χ0n) is 10.1. The third kappa shape index (κ3) is 2.53. The van der Waals surface area contributed by atoms with Gasteiger partial charge in [0.05, 0.1) is 12.5 Å². The second-order valence-electron chi connectivity index (χ2n) is 4.71. The predicted octanol–water partition coefficient (Wildman–Crippen LogP) is 2.21. The van der Waals surface area contributed by atoms with Crippen LogP contribution >= 0.6 is 11.3 Å². The van der Waals surface area contributed by atoms with E-state index in [1.807, 2.05) is 6.07 Å². The quantitative estimate of drug-likeness (QED) is 0.791.